The molecule has 1 unspecified atom stereocenters. The highest BCUT2D eigenvalue weighted by molar-refractivity contribution is 7.93. The Labute approximate surface area is 280 Å². The monoisotopic (exact) mass is 691 g/mol. The van der Waals surface area contributed by atoms with E-state index in [2.05, 4.69) is 4.72 Å². The largest absolute Gasteiger partial charge is 0.497 e. The zero-order valence-electron chi connectivity index (χ0n) is 27.2. The fraction of sp³-hybridized carbons (Fsp3) is 0.257. The maximum absolute atomic E-state index is 14.3. The third-order valence-corrected chi connectivity index (χ3v) is 11.7. The molecule has 0 saturated carbocycles. The van der Waals surface area contributed by atoms with Crippen LogP contribution in [0.2, 0.25) is 0 Å². The number of hydrogen-bond donors (Lipinski definition) is 2. The molecule has 0 aromatic heterocycles. The number of hydrogen-bond acceptors (Lipinski definition) is 8. The number of ether oxygens (including phenoxy) is 1. The number of anilines is 2. The molecule has 48 heavy (non-hydrogen) atoms. The van der Waals surface area contributed by atoms with Crippen molar-refractivity contribution in [2.75, 3.05) is 29.4 Å². The van der Waals surface area contributed by atoms with Crippen molar-refractivity contribution in [2.24, 2.45) is 0 Å². The predicted molar refractivity (Wildman–Crippen MR) is 183 cm³/mol. The number of sulfonamides is 2. The fourth-order valence-electron chi connectivity index (χ4n) is 6.30. The van der Waals surface area contributed by atoms with E-state index in [0.717, 1.165) is 15.4 Å². The molecular weight excluding hydrogens is 655 g/mol. The van der Waals surface area contributed by atoms with Gasteiger partial charge < -0.3 is 14.7 Å². The van der Waals surface area contributed by atoms with Gasteiger partial charge in [-0.3, -0.25) is 13.9 Å². The molecular formula is C35H37N3O8S2. The zero-order chi connectivity index (χ0) is 35.0. The molecule has 1 aliphatic heterocycles. The number of carboxylic acids is 1. The van der Waals surface area contributed by atoms with E-state index >= 15 is 0 Å². The number of rotatable bonds is 11. The Balaban J connectivity index is 1.62. The van der Waals surface area contributed by atoms with E-state index in [0.29, 0.717) is 33.7 Å². The Bertz CT molecular complexity index is 2090. The molecule has 1 atom stereocenters. The lowest BCUT2D eigenvalue weighted by atomic mass is 10.0. The molecule has 1 amide bonds. The second kappa shape index (κ2) is 13.3. The molecule has 1 aliphatic rings. The molecule has 2 N–H and O–H groups in total. The van der Waals surface area contributed by atoms with E-state index in [1.54, 1.807) is 85.5 Å². The van der Waals surface area contributed by atoms with E-state index in [4.69, 9.17) is 4.74 Å². The summed E-state index contributed by atoms with van der Waals surface area (Å²) in [6.07, 6.45) is 0.251. The Hall–Kier alpha value is -4.88. The number of carbonyl (C=O) groups excluding carboxylic acids is 1. The Kier molecular flexibility index (Phi) is 9.56. The zero-order valence-corrected chi connectivity index (χ0v) is 28.9. The summed E-state index contributed by atoms with van der Waals surface area (Å²) in [5, 5.41) is 9.88. The molecule has 1 heterocycles. The summed E-state index contributed by atoms with van der Waals surface area (Å²) in [4.78, 5) is 27.8. The fourth-order valence-corrected chi connectivity index (χ4v) is 9.15. The standard InChI is InChI=1S/C35H37N3O8S2/c1-22-12-14-28(15-13-22)47(42,43)36-35(41)33(26-8-6-9-27(20-26)46-5)37-17-16-29-30(37)10-7-11-31(29)38(21-32(39)40)48(44,45)34-24(3)18-23(2)19-25(34)4/h6-15,18-20,33H,16-17,21H2,1-5H3,(H,36,41)(H,39,40). The number of methoxy groups -OCH3 is 1. The van der Waals surface area contributed by atoms with Crippen LogP contribution in [0.3, 0.4) is 0 Å². The van der Waals surface area contributed by atoms with Crippen LogP contribution in [0.4, 0.5) is 11.4 Å². The van der Waals surface area contributed by atoms with Crippen LogP contribution in [-0.4, -0.2) is 54.0 Å². The topological polar surface area (TPSA) is 150 Å². The van der Waals surface area contributed by atoms with Crippen molar-refractivity contribution in [3.8, 4) is 5.75 Å². The van der Waals surface area contributed by atoms with Crippen molar-refractivity contribution < 1.29 is 36.3 Å². The van der Waals surface area contributed by atoms with Gasteiger partial charge in [-0.25, -0.2) is 21.6 Å². The number of benzene rings is 4. The molecule has 0 saturated heterocycles. The van der Waals surface area contributed by atoms with Crippen molar-refractivity contribution in [1.29, 1.82) is 0 Å². The summed E-state index contributed by atoms with van der Waals surface area (Å²) in [6.45, 7) is 6.38. The SMILES string of the molecule is COc1cccc(C(C(=O)NS(=O)(=O)c2ccc(C)cc2)N2CCc3c2cccc3N(CC(=O)O)S(=O)(=O)c2c(C)cc(C)cc2C)c1. The molecule has 0 aliphatic carbocycles. The van der Waals surface area contributed by atoms with Crippen LogP contribution in [0.1, 0.15) is 39.4 Å². The minimum atomic E-state index is -4.36. The highest BCUT2D eigenvalue weighted by atomic mass is 32.2. The lowest BCUT2D eigenvalue weighted by Gasteiger charge is -2.31. The van der Waals surface area contributed by atoms with E-state index in [1.807, 2.05) is 13.8 Å². The average molecular weight is 692 g/mol. The molecule has 4 aromatic rings. The van der Waals surface area contributed by atoms with Crippen LogP contribution in [0.25, 0.3) is 0 Å². The van der Waals surface area contributed by atoms with Crippen molar-refractivity contribution in [3.63, 3.8) is 0 Å². The molecule has 0 fully saturated rings. The summed E-state index contributed by atoms with van der Waals surface area (Å²) in [6, 6.07) is 19.9. The molecule has 4 aromatic carbocycles. The number of carboxylic acid groups (broad SMARTS) is 1. The number of carbonyl (C=O) groups is 2. The van der Waals surface area contributed by atoms with E-state index in [1.165, 1.54) is 19.2 Å². The lowest BCUT2D eigenvalue weighted by Crippen LogP contribution is -2.42. The number of aliphatic carboxylic acids is 1. The van der Waals surface area contributed by atoms with E-state index in [9.17, 15) is 31.5 Å². The van der Waals surface area contributed by atoms with Crippen LogP contribution >= 0.6 is 0 Å². The van der Waals surface area contributed by atoms with Crippen LogP contribution < -0.4 is 18.7 Å². The Morgan fingerprint density at radius 2 is 1.54 bits per heavy atom. The highest BCUT2D eigenvalue weighted by Crippen LogP contribution is 2.42. The van der Waals surface area contributed by atoms with Gasteiger partial charge in [0.2, 0.25) is 0 Å². The Morgan fingerprint density at radius 3 is 2.17 bits per heavy atom. The minimum absolute atomic E-state index is 0.0248. The van der Waals surface area contributed by atoms with Crippen LogP contribution in [0.5, 0.6) is 5.75 Å². The lowest BCUT2D eigenvalue weighted by molar-refractivity contribution is -0.135. The second-order valence-corrected chi connectivity index (χ2v) is 15.3. The summed E-state index contributed by atoms with van der Waals surface area (Å²) >= 11 is 0. The maximum Gasteiger partial charge on any atom is 0.324 e. The molecule has 0 spiro atoms. The maximum atomic E-state index is 14.3. The van der Waals surface area contributed by atoms with Gasteiger partial charge in [0.25, 0.3) is 26.0 Å². The number of aryl methyl sites for hydroxylation is 4. The van der Waals surface area contributed by atoms with Gasteiger partial charge in [-0.2, -0.15) is 0 Å². The summed E-state index contributed by atoms with van der Waals surface area (Å²) in [5.41, 5.74) is 4.27. The van der Waals surface area contributed by atoms with Gasteiger partial charge in [0, 0.05) is 17.8 Å². The summed E-state index contributed by atoms with van der Waals surface area (Å²) < 4.78 is 63.7. The van der Waals surface area contributed by atoms with E-state index in [-0.39, 0.29) is 28.4 Å². The van der Waals surface area contributed by atoms with Crippen molar-refractivity contribution in [1.82, 2.24) is 4.72 Å². The number of nitrogens with one attached hydrogen (secondary N) is 1. The molecule has 11 nitrogen and oxygen atoms in total. The van der Waals surface area contributed by atoms with Gasteiger partial charge in [0.05, 0.1) is 22.6 Å². The predicted octanol–water partition coefficient (Wildman–Crippen LogP) is 4.82. The van der Waals surface area contributed by atoms with Gasteiger partial charge in [-0.1, -0.05) is 53.6 Å². The van der Waals surface area contributed by atoms with Crippen LogP contribution in [-0.2, 0) is 36.1 Å². The van der Waals surface area contributed by atoms with Gasteiger partial charge in [-0.05, 0) is 87.2 Å². The first-order chi connectivity index (χ1) is 22.6. The first-order valence-corrected chi connectivity index (χ1v) is 18.0. The molecule has 13 heteroatoms. The van der Waals surface area contributed by atoms with Crippen LogP contribution in [0.15, 0.2) is 88.7 Å². The van der Waals surface area contributed by atoms with Crippen LogP contribution in [0, 0.1) is 27.7 Å². The van der Waals surface area contributed by atoms with Gasteiger partial charge in [0.1, 0.15) is 18.3 Å². The van der Waals surface area contributed by atoms with Gasteiger partial charge in [-0.15, -0.1) is 0 Å². The normalized spacial score (nSPS) is 13.5. The number of nitrogens with zero attached hydrogens (tertiary/aromatic N) is 2. The first-order valence-electron chi connectivity index (χ1n) is 15.1. The molecule has 0 bridgehead atoms. The van der Waals surface area contributed by atoms with Crippen molar-refractivity contribution in [2.45, 2.75) is 49.9 Å². The number of fused-ring (bicyclic) bond motifs is 1. The molecule has 252 valence electrons. The van der Waals surface area contributed by atoms with Gasteiger partial charge >= 0.3 is 5.97 Å². The minimum Gasteiger partial charge on any atom is -0.497 e. The highest BCUT2D eigenvalue weighted by Gasteiger charge is 2.38. The number of amides is 1. The van der Waals surface area contributed by atoms with E-state index < -0.39 is 44.5 Å². The summed E-state index contributed by atoms with van der Waals surface area (Å²) in [5.74, 6) is -1.73. The quantitative estimate of drug-likeness (QED) is 0.226. The van der Waals surface area contributed by atoms with Gasteiger partial charge in [0.15, 0.2) is 0 Å². The molecule has 5 rings (SSSR count). The average Bonchev–Trinajstić information content (AvgIpc) is 3.43. The smallest absolute Gasteiger partial charge is 0.324 e. The second-order valence-electron chi connectivity index (χ2n) is 11.8. The summed E-state index contributed by atoms with van der Waals surface area (Å²) in [7, 11) is -7.15. The third kappa shape index (κ3) is 6.74. The first kappa shape index (κ1) is 34.5. The third-order valence-electron chi connectivity index (χ3n) is 8.27. The van der Waals surface area contributed by atoms with Crippen molar-refractivity contribution >= 4 is 43.3 Å². The van der Waals surface area contributed by atoms with Crippen molar-refractivity contribution in [3.05, 3.63) is 112 Å². The Morgan fingerprint density at radius 1 is 0.896 bits per heavy atom. The molecule has 0 radical (unpaired) electrons.